The summed E-state index contributed by atoms with van der Waals surface area (Å²) < 4.78 is 11.2. The molecule has 104 valence electrons. The highest BCUT2D eigenvalue weighted by Gasteiger charge is 2.28. The van der Waals surface area contributed by atoms with E-state index in [1.54, 1.807) is 0 Å². The summed E-state index contributed by atoms with van der Waals surface area (Å²) in [7, 11) is 0. The Hall–Kier alpha value is -2.82. The standard InChI is InChI=1S/C16H13N3O2/c17-12-7-5-10(6-8-12)15-18-16(21-19-15)14-9-11-3-1-2-4-13(11)20-14/h1-8,14H,9,17H2. The molecule has 5 heteroatoms. The maximum atomic E-state index is 5.85. The van der Waals surface area contributed by atoms with E-state index in [0.29, 0.717) is 17.4 Å². The number of aromatic nitrogens is 2. The number of hydrogen-bond donors (Lipinski definition) is 1. The van der Waals surface area contributed by atoms with Crippen molar-refractivity contribution in [1.82, 2.24) is 10.1 Å². The summed E-state index contributed by atoms with van der Waals surface area (Å²) in [6.07, 6.45) is 0.539. The quantitative estimate of drug-likeness (QED) is 0.730. The molecule has 3 aromatic rings. The molecule has 0 fully saturated rings. The molecule has 0 radical (unpaired) electrons. The van der Waals surface area contributed by atoms with Gasteiger partial charge in [-0.05, 0) is 35.9 Å². The molecule has 1 aliphatic rings. The minimum atomic E-state index is -0.211. The normalized spacial score (nSPS) is 16.5. The molecule has 1 unspecified atom stereocenters. The van der Waals surface area contributed by atoms with Crippen molar-refractivity contribution in [1.29, 1.82) is 0 Å². The highest BCUT2D eigenvalue weighted by molar-refractivity contribution is 5.58. The molecule has 0 saturated heterocycles. The minimum Gasteiger partial charge on any atom is -0.480 e. The highest BCUT2D eigenvalue weighted by Crippen LogP contribution is 2.36. The number of benzene rings is 2. The molecule has 2 N–H and O–H groups in total. The van der Waals surface area contributed by atoms with E-state index in [9.17, 15) is 0 Å². The first-order valence-corrected chi connectivity index (χ1v) is 6.74. The SMILES string of the molecule is Nc1ccc(-c2noc(C3Cc4ccccc4O3)n2)cc1. The third kappa shape index (κ3) is 2.12. The molecule has 2 heterocycles. The summed E-state index contributed by atoms with van der Waals surface area (Å²) in [5.74, 6) is 1.93. The van der Waals surface area contributed by atoms with Crippen LogP contribution in [0.4, 0.5) is 5.69 Å². The van der Waals surface area contributed by atoms with E-state index in [-0.39, 0.29) is 6.10 Å². The van der Waals surface area contributed by atoms with Crippen molar-refractivity contribution in [3.63, 3.8) is 0 Å². The van der Waals surface area contributed by atoms with Gasteiger partial charge in [0, 0.05) is 17.7 Å². The van der Waals surface area contributed by atoms with Gasteiger partial charge in [-0.25, -0.2) is 0 Å². The van der Waals surface area contributed by atoms with E-state index in [4.69, 9.17) is 15.0 Å². The average molecular weight is 279 g/mol. The van der Waals surface area contributed by atoms with Gasteiger partial charge in [-0.15, -0.1) is 0 Å². The Balaban J connectivity index is 1.60. The lowest BCUT2D eigenvalue weighted by Gasteiger charge is -2.03. The van der Waals surface area contributed by atoms with Crippen molar-refractivity contribution in [3.8, 4) is 17.1 Å². The Labute approximate surface area is 121 Å². The van der Waals surface area contributed by atoms with Crippen LogP contribution in [0, 0.1) is 0 Å². The zero-order valence-electron chi connectivity index (χ0n) is 11.2. The third-order valence-electron chi connectivity index (χ3n) is 3.53. The van der Waals surface area contributed by atoms with Gasteiger partial charge in [0.15, 0.2) is 6.10 Å². The molecule has 0 bridgehead atoms. The lowest BCUT2D eigenvalue weighted by Crippen LogP contribution is -2.03. The van der Waals surface area contributed by atoms with E-state index in [2.05, 4.69) is 10.1 Å². The number of rotatable bonds is 2. The van der Waals surface area contributed by atoms with Crippen LogP contribution in [0.3, 0.4) is 0 Å². The second-order valence-corrected chi connectivity index (χ2v) is 5.00. The Bertz CT molecular complexity index is 755. The molecule has 0 aliphatic carbocycles. The molecule has 0 amide bonds. The van der Waals surface area contributed by atoms with E-state index < -0.39 is 0 Å². The van der Waals surface area contributed by atoms with Gasteiger partial charge < -0.3 is 15.0 Å². The molecule has 1 atom stereocenters. The number of anilines is 1. The van der Waals surface area contributed by atoms with Crippen molar-refractivity contribution < 1.29 is 9.26 Å². The maximum absolute atomic E-state index is 5.85. The first-order valence-electron chi connectivity index (χ1n) is 6.74. The van der Waals surface area contributed by atoms with Gasteiger partial charge in [-0.3, -0.25) is 0 Å². The zero-order valence-corrected chi connectivity index (χ0v) is 11.2. The molecule has 5 nitrogen and oxygen atoms in total. The van der Waals surface area contributed by atoms with Crippen molar-refractivity contribution in [2.45, 2.75) is 12.5 Å². The number of para-hydroxylation sites is 1. The highest BCUT2D eigenvalue weighted by atomic mass is 16.5. The van der Waals surface area contributed by atoms with Crippen LogP contribution in [-0.4, -0.2) is 10.1 Å². The van der Waals surface area contributed by atoms with Gasteiger partial charge in [-0.1, -0.05) is 23.4 Å². The van der Waals surface area contributed by atoms with Gasteiger partial charge in [0.25, 0.3) is 5.89 Å². The summed E-state index contributed by atoms with van der Waals surface area (Å²) in [6.45, 7) is 0. The second-order valence-electron chi connectivity index (χ2n) is 5.00. The molecule has 2 aromatic carbocycles. The van der Waals surface area contributed by atoms with E-state index in [1.165, 1.54) is 0 Å². The number of nitrogens with two attached hydrogens (primary N) is 1. The van der Waals surface area contributed by atoms with Crippen molar-refractivity contribution >= 4 is 5.69 Å². The van der Waals surface area contributed by atoms with Gasteiger partial charge in [-0.2, -0.15) is 4.98 Å². The van der Waals surface area contributed by atoms with Crippen molar-refractivity contribution in [3.05, 3.63) is 60.0 Å². The largest absolute Gasteiger partial charge is 0.480 e. The van der Waals surface area contributed by atoms with Crippen LogP contribution in [0.5, 0.6) is 5.75 Å². The van der Waals surface area contributed by atoms with Crippen molar-refractivity contribution in [2.24, 2.45) is 0 Å². The zero-order chi connectivity index (χ0) is 14.2. The summed E-state index contributed by atoms with van der Waals surface area (Å²) in [5.41, 5.74) is 8.41. The Morgan fingerprint density at radius 1 is 1.05 bits per heavy atom. The topological polar surface area (TPSA) is 74.2 Å². The molecule has 0 saturated carbocycles. The third-order valence-corrected chi connectivity index (χ3v) is 3.53. The Morgan fingerprint density at radius 3 is 2.67 bits per heavy atom. The minimum absolute atomic E-state index is 0.211. The van der Waals surface area contributed by atoms with Gasteiger partial charge >= 0.3 is 0 Å². The maximum Gasteiger partial charge on any atom is 0.268 e. The summed E-state index contributed by atoms with van der Waals surface area (Å²) in [4.78, 5) is 4.43. The predicted octanol–water partition coefficient (Wildman–Crippen LogP) is 3.00. The molecule has 1 aliphatic heterocycles. The summed E-state index contributed by atoms with van der Waals surface area (Å²) in [5, 5.41) is 4.02. The fourth-order valence-corrected chi connectivity index (χ4v) is 2.44. The number of nitrogens with zero attached hydrogens (tertiary/aromatic N) is 2. The van der Waals surface area contributed by atoms with Crippen molar-refractivity contribution in [2.75, 3.05) is 5.73 Å². The fraction of sp³-hybridized carbons (Fsp3) is 0.125. The lowest BCUT2D eigenvalue weighted by molar-refractivity contribution is 0.183. The van der Waals surface area contributed by atoms with Crippen LogP contribution in [0.2, 0.25) is 0 Å². The monoisotopic (exact) mass is 279 g/mol. The van der Waals surface area contributed by atoms with Gasteiger partial charge in [0.2, 0.25) is 5.82 Å². The van der Waals surface area contributed by atoms with Crippen LogP contribution in [0.1, 0.15) is 17.6 Å². The predicted molar refractivity (Wildman–Crippen MR) is 77.7 cm³/mol. The number of nitrogen functional groups attached to an aromatic ring is 1. The molecular weight excluding hydrogens is 266 g/mol. The summed E-state index contributed by atoms with van der Waals surface area (Å²) in [6, 6.07) is 15.3. The Morgan fingerprint density at radius 2 is 1.86 bits per heavy atom. The number of fused-ring (bicyclic) bond motifs is 1. The second kappa shape index (κ2) is 4.63. The van der Waals surface area contributed by atoms with E-state index in [1.807, 2.05) is 48.5 Å². The number of ether oxygens (including phenoxy) is 1. The molecule has 0 spiro atoms. The van der Waals surface area contributed by atoms with Crippen LogP contribution in [-0.2, 0) is 6.42 Å². The van der Waals surface area contributed by atoms with Crippen LogP contribution < -0.4 is 10.5 Å². The molecule has 1 aromatic heterocycles. The van der Waals surface area contributed by atoms with Crippen LogP contribution in [0.15, 0.2) is 53.1 Å². The summed E-state index contributed by atoms with van der Waals surface area (Å²) >= 11 is 0. The van der Waals surface area contributed by atoms with E-state index in [0.717, 1.165) is 23.3 Å². The molecule has 21 heavy (non-hydrogen) atoms. The smallest absolute Gasteiger partial charge is 0.268 e. The van der Waals surface area contributed by atoms with Gasteiger partial charge in [0.05, 0.1) is 0 Å². The molecule has 4 rings (SSSR count). The first kappa shape index (κ1) is 12.0. The molecular formula is C16H13N3O2. The lowest BCUT2D eigenvalue weighted by atomic mass is 10.1. The van der Waals surface area contributed by atoms with Crippen LogP contribution in [0.25, 0.3) is 11.4 Å². The number of hydrogen-bond acceptors (Lipinski definition) is 5. The average Bonchev–Trinajstić information content (AvgIpc) is 3.14. The fourth-order valence-electron chi connectivity index (χ4n) is 2.44. The first-order chi connectivity index (χ1) is 10.3. The van der Waals surface area contributed by atoms with E-state index >= 15 is 0 Å². The Kier molecular flexibility index (Phi) is 2.64. The van der Waals surface area contributed by atoms with Crippen LogP contribution >= 0.6 is 0 Å². The van der Waals surface area contributed by atoms with Gasteiger partial charge in [0.1, 0.15) is 5.75 Å².